The molecule has 6 heteroatoms. The summed E-state index contributed by atoms with van der Waals surface area (Å²) in [6, 6.07) is 5.77. The van der Waals surface area contributed by atoms with E-state index in [-0.39, 0.29) is 0 Å². The minimum atomic E-state index is 0.584. The van der Waals surface area contributed by atoms with Gasteiger partial charge >= 0.3 is 0 Å². The van der Waals surface area contributed by atoms with E-state index in [4.69, 9.17) is 17.3 Å². The summed E-state index contributed by atoms with van der Waals surface area (Å²) >= 11 is 6.34. The molecule has 0 bridgehead atoms. The molecular weight excluding hydrogens is 274 g/mol. The number of aromatic nitrogens is 4. The van der Waals surface area contributed by atoms with E-state index in [0.29, 0.717) is 11.6 Å². The van der Waals surface area contributed by atoms with E-state index in [9.17, 15) is 0 Å². The lowest BCUT2D eigenvalue weighted by atomic mass is 10.2. The van der Waals surface area contributed by atoms with Crippen LogP contribution in [0.2, 0.25) is 5.02 Å². The van der Waals surface area contributed by atoms with Crippen LogP contribution in [0.3, 0.4) is 0 Å². The second kappa shape index (κ2) is 4.83. The average molecular weight is 290 g/mol. The van der Waals surface area contributed by atoms with E-state index >= 15 is 0 Å². The first-order chi connectivity index (χ1) is 9.60. The zero-order chi connectivity index (χ0) is 14.3. The lowest BCUT2D eigenvalue weighted by Gasteiger charge is -2.07. The third-order valence-electron chi connectivity index (χ3n) is 3.42. The fraction of sp³-hybridized carbons (Fsp3) is 0.286. The predicted molar refractivity (Wildman–Crippen MR) is 80.9 cm³/mol. The van der Waals surface area contributed by atoms with E-state index in [1.165, 1.54) is 0 Å². The summed E-state index contributed by atoms with van der Waals surface area (Å²) in [5, 5.41) is 10.6. The third-order valence-corrected chi connectivity index (χ3v) is 3.91. The Morgan fingerprint density at radius 1 is 1.30 bits per heavy atom. The Bertz CT molecular complexity index is 771. The summed E-state index contributed by atoms with van der Waals surface area (Å²) in [4.78, 5) is 0. The molecule has 0 aliphatic heterocycles. The van der Waals surface area contributed by atoms with Crippen LogP contribution in [-0.4, -0.2) is 19.6 Å². The van der Waals surface area contributed by atoms with Crippen molar-refractivity contribution in [1.29, 1.82) is 0 Å². The second-order valence-electron chi connectivity index (χ2n) is 4.78. The standard InChI is InChI=1S/C14H16ClN5/c1-3-19-13(14(15)9(2)18-19)8-20-12-6-11(16)5-4-10(12)7-17-20/h4-7H,3,8,16H2,1-2H3. The summed E-state index contributed by atoms with van der Waals surface area (Å²) in [7, 11) is 0. The molecule has 2 heterocycles. The van der Waals surface area contributed by atoms with Crippen LogP contribution in [0, 0.1) is 6.92 Å². The molecule has 2 aromatic heterocycles. The van der Waals surface area contributed by atoms with Gasteiger partial charge in [0.05, 0.1) is 34.7 Å². The summed E-state index contributed by atoms with van der Waals surface area (Å²) in [5.74, 6) is 0. The number of nitrogens with two attached hydrogens (primary N) is 1. The Labute approximate surface area is 121 Å². The Morgan fingerprint density at radius 2 is 2.10 bits per heavy atom. The Kier molecular flexibility index (Phi) is 3.14. The van der Waals surface area contributed by atoms with Gasteiger partial charge in [-0.3, -0.25) is 9.36 Å². The number of anilines is 1. The number of rotatable bonds is 3. The van der Waals surface area contributed by atoms with Gasteiger partial charge in [0, 0.05) is 17.6 Å². The average Bonchev–Trinajstić information content (AvgIpc) is 2.95. The normalized spacial score (nSPS) is 11.3. The Hall–Kier alpha value is -2.01. The molecule has 0 spiro atoms. The van der Waals surface area contributed by atoms with E-state index in [0.717, 1.165) is 34.5 Å². The zero-order valence-electron chi connectivity index (χ0n) is 11.5. The molecule has 1 aromatic carbocycles. The van der Waals surface area contributed by atoms with Crippen LogP contribution in [0.1, 0.15) is 18.3 Å². The van der Waals surface area contributed by atoms with Crippen molar-refractivity contribution in [2.24, 2.45) is 0 Å². The van der Waals surface area contributed by atoms with Gasteiger partial charge in [0.25, 0.3) is 0 Å². The number of benzene rings is 1. The molecule has 104 valence electrons. The maximum absolute atomic E-state index is 6.34. The van der Waals surface area contributed by atoms with Crippen LogP contribution < -0.4 is 5.73 Å². The van der Waals surface area contributed by atoms with E-state index in [1.54, 1.807) is 0 Å². The molecule has 3 rings (SSSR count). The fourth-order valence-electron chi connectivity index (χ4n) is 2.38. The van der Waals surface area contributed by atoms with Crippen molar-refractivity contribution in [3.63, 3.8) is 0 Å². The lowest BCUT2D eigenvalue weighted by molar-refractivity contribution is 0.583. The van der Waals surface area contributed by atoms with E-state index in [2.05, 4.69) is 10.2 Å². The van der Waals surface area contributed by atoms with Gasteiger partial charge < -0.3 is 5.73 Å². The number of nitrogen functional groups attached to an aromatic ring is 1. The van der Waals surface area contributed by atoms with Crippen molar-refractivity contribution in [2.45, 2.75) is 26.9 Å². The van der Waals surface area contributed by atoms with Crippen LogP contribution in [0.25, 0.3) is 10.9 Å². The smallest absolute Gasteiger partial charge is 0.0866 e. The summed E-state index contributed by atoms with van der Waals surface area (Å²) in [5.41, 5.74) is 9.40. The molecule has 0 unspecified atom stereocenters. The molecule has 0 atom stereocenters. The highest BCUT2D eigenvalue weighted by atomic mass is 35.5. The lowest BCUT2D eigenvalue weighted by Crippen LogP contribution is -2.09. The van der Waals surface area contributed by atoms with Crippen LogP contribution >= 0.6 is 11.6 Å². The molecular formula is C14H16ClN5. The van der Waals surface area contributed by atoms with Crippen molar-refractivity contribution in [3.05, 3.63) is 40.8 Å². The molecule has 0 saturated heterocycles. The highest BCUT2D eigenvalue weighted by molar-refractivity contribution is 6.31. The van der Waals surface area contributed by atoms with Gasteiger partial charge in [0.2, 0.25) is 0 Å². The molecule has 0 radical (unpaired) electrons. The van der Waals surface area contributed by atoms with Crippen molar-refractivity contribution < 1.29 is 0 Å². The first kappa shape index (κ1) is 13.0. The summed E-state index contributed by atoms with van der Waals surface area (Å²) < 4.78 is 3.82. The van der Waals surface area contributed by atoms with Crippen LogP contribution in [0.15, 0.2) is 24.4 Å². The molecule has 0 aliphatic rings. The van der Waals surface area contributed by atoms with E-state index < -0.39 is 0 Å². The minimum Gasteiger partial charge on any atom is -0.399 e. The topological polar surface area (TPSA) is 61.7 Å². The van der Waals surface area contributed by atoms with Gasteiger partial charge in [-0.1, -0.05) is 11.6 Å². The highest BCUT2D eigenvalue weighted by Crippen LogP contribution is 2.23. The van der Waals surface area contributed by atoms with Gasteiger partial charge in [0.15, 0.2) is 0 Å². The number of aryl methyl sites for hydroxylation is 2. The monoisotopic (exact) mass is 289 g/mol. The molecule has 2 N–H and O–H groups in total. The molecule has 3 aromatic rings. The fourth-order valence-corrected chi connectivity index (χ4v) is 2.57. The largest absolute Gasteiger partial charge is 0.399 e. The molecule has 0 aliphatic carbocycles. The molecule has 0 saturated carbocycles. The van der Waals surface area contributed by atoms with Crippen molar-refractivity contribution >= 4 is 28.2 Å². The number of fused-ring (bicyclic) bond motifs is 1. The summed E-state index contributed by atoms with van der Waals surface area (Å²) in [6.45, 7) is 5.33. The first-order valence-electron chi connectivity index (χ1n) is 6.53. The van der Waals surface area contributed by atoms with Crippen molar-refractivity contribution in [3.8, 4) is 0 Å². The molecule has 0 amide bonds. The van der Waals surface area contributed by atoms with Gasteiger partial charge in [-0.25, -0.2) is 0 Å². The summed E-state index contributed by atoms with van der Waals surface area (Å²) in [6.07, 6.45) is 1.84. The number of halogens is 1. The van der Waals surface area contributed by atoms with Crippen LogP contribution in [0.5, 0.6) is 0 Å². The maximum Gasteiger partial charge on any atom is 0.0866 e. The third kappa shape index (κ3) is 2.04. The Balaban J connectivity index is 2.07. The zero-order valence-corrected chi connectivity index (χ0v) is 12.2. The molecule has 5 nitrogen and oxygen atoms in total. The van der Waals surface area contributed by atoms with Crippen molar-refractivity contribution in [2.75, 3.05) is 5.73 Å². The van der Waals surface area contributed by atoms with Gasteiger partial charge in [-0.05, 0) is 32.0 Å². The quantitative estimate of drug-likeness (QED) is 0.754. The van der Waals surface area contributed by atoms with E-state index in [1.807, 2.05) is 47.6 Å². The van der Waals surface area contributed by atoms with Gasteiger partial charge in [-0.2, -0.15) is 10.2 Å². The number of nitrogens with zero attached hydrogens (tertiary/aromatic N) is 4. The molecule has 20 heavy (non-hydrogen) atoms. The SMILES string of the molecule is CCn1nc(C)c(Cl)c1Cn1ncc2ccc(N)cc21. The predicted octanol–water partition coefficient (Wildman–Crippen LogP) is 2.85. The maximum atomic E-state index is 6.34. The van der Waals surface area contributed by atoms with Gasteiger partial charge in [0.1, 0.15) is 0 Å². The van der Waals surface area contributed by atoms with Gasteiger partial charge in [-0.15, -0.1) is 0 Å². The first-order valence-corrected chi connectivity index (χ1v) is 6.90. The Morgan fingerprint density at radius 3 is 2.85 bits per heavy atom. The highest BCUT2D eigenvalue weighted by Gasteiger charge is 2.14. The molecule has 0 fully saturated rings. The van der Waals surface area contributed by atoms with Crippen molar-refractivity contribution in [1.82, 2.24) is 19.6 Å². The number of hydrogen-bond acceptors (Lipinski definition) is 3. The van der Waals surface area contributed by atoms with Crippen LogP contribution in [0.4, 0.5) is 5.69 Å². The van der Waals surface area contributed by atoms with Crippen LogP contribution in [-0.2, 0) is 13.1 Å². The minimum absolute atomic E-state index is 0.584. The second-order valence-corrected chi connectivity index (χ2v) is 5.16. The number of hydrogen-bond donors (Lipinski definition) is 1.